The topological polar surface area (TPSA) is 84.3 Å². The van der Waals surface area contributed by atoms with Crippen molar-refractivity contribution in [3.63, 3.8) is 0 Å². The van der Waals surface area contributed by atoms with Crippen LogP contribution >= 0.6 is 0 Å². The first-order chi connectivity index (χ1) is 16.8. The standard InChI is InChI=1S/C26H29F2N5O2/c1-26-8-4-5-15(12-26)9-20(23(26)28)33(2)22-14-29-24(32-31-22)18-7-6-16(11-21(18)34)17-10-19(27)25(35-3)30-13-17/h6-7,10-11,13-15,20,23,34H,4-5,8-9,12H2,1-3H3/t15-,20-,23-,26-/m1/s1. The number of alkyl halides is 1. The van der Waals surface area contributed by atoms with Gasteiger partial charge in [-0.2, -0.15) is 0 Å². The zero-order valence-electron chi connectivity index (χ0n) is 20.1. The van der Waals surface area contributed by atoms with E-state index in [0.717, 1.165) is 32.1 Å². The molecule has 2 saturated carbocycles. The maximum Gasteiger partial charge on any atom is 0.250 e. The zero-order valence-corrected chi connectivity index (χ0v) is 20.1. The molecule has 2 aromatic heterocycles. The Morgan fingerprint density at radius 1 is 1.14 bits per heavy atom. The molecule has 35 heavy (non-hydrogen) atoms. The van der Waals surface area contributed by atoms with Crippen molar-refractivity contribution in [2.75, 3.05) is 19.1 Å². The van der Waals surface area contributed by atoms with Gasteiger partial charge in [0.25, 0.3) is 0 Å². The molecule has 1 aromatic carbocycles. The van der Waals surface area contributed by atoms with E-state index in [1.807, 2.05) is 11.9 Å². The number of anilines is 1. The molecule has 0 spiro atoms. The number of aromatic nitrogens is 4. The third kappa shape index (κ3) is 4.28. The van der Waals surface area contributed by atoms with E-state index in [1.165, 1.54) is 25.4 Å². The number of fused-ring (bicyclic) bond motifs is 2. The van der Waals surface area contributed by atoms with Gasteiger partial charge < -0.3 is 14.7 Å². The lowest BCUT2D eigenvalue weighted by molar-refractivity contribution is -0.0109. The molecule has 9 heteroatoms. The molecule has 0 aliphatic heterocycles. The van der Waals surface area contributed by atoms with Crippen LogP contribution in [-0.2, 0) is 0 Å². The molecule has 7 nitrogen and oxygen atoms in total. The molecule has 2 bridgehead atoms. The third-order valence-electron chi connectivity index (χ3n) is 7.67. The van der Waals surface area contributed by atoms with Gasteiger partial charge in [0.05, 0.1) is 24.9 Å². The number of phenolic OH excluding ortho intramolecular Hbond substituents is 1. The molecular formula is C26H29F2N5O2. The maximum atomic E-state index is 15.5. The van der Waals surface area contributed by atoms with Gasteiger partial charge in [-0.25, -0.2) is 18.7 Å². The van der Waals surface area contributed by atoms with Crippen molar-refractivity contribution in [2.45, 2.75) is 51.2 Å². The molecule has 3 aromatic rings. The van der Waals surface area contributed by atoms with E-state index < -0.39 is 12.0 Å². The summed E-state index contributed by atoms with van der Waals surface area (Å²) in [4.78, 5) is 10.2. The summed E-state index contributed by atoms with van der Waals surface area (Å²) in [5.41, 5.74) is 1.18. The monoisotopic (exact) mass is 481 g/mol. The molecule has 184 valence electrons. The normalized spacial score (nSPS) is 25.8. The third-order valence-corrected chi connectivity index (χ3v) is 7.67. The number of phenols is 1. The summed E-state index contributed by atoms with van der Waals surface area (Å²) < 4.78 is 34.4. The number of methoxy groups -OCH3 is 1. The highest BCUT2D eigenvalue weighted by molar-refractivity contribution is 5.72. The van der Waals surface area contributed by atoms with Crippen LogP contribution < -0.4 is 9.64 Å². The molecule has 5 rings (SSSR count). The Morgan fingerprint density at radius 2 is 1.97 bits per heavy atom. The Labute approximate surface area is 203 Å². The van der Waals surface area contributed by atoms with Crippen molar-refractivity contribution in [3.8, 4) is 34.1 Å². The average Bonchev–Trinajstić information content (AvgIpc) is 2.86. The quantitative estimate of drug-likeness (QED) is 0.536. The number of hydrogen-bond acceptors (Lipinski definition) is 7. The maximum absolute atomic E-state index is 15.5. The number of ether oxygens (including phenoxy) is 1. The molecule has 2 heterocycles. The van der Waals surface area contributed by atoms with Crippen LogP contribution in [0.3, 0.4) is 0 Å². The van der Waals surface area contributed by atoms with E-state index in [9.17, 15) is 9.50 Å². The summed E-state index contributed by atoms with van der Waals surface area (Å²) in [5.74, 6) is 0.530. The van der Waals surface area contributed by atoms with Crippen molar-refractivity contribution in [2.24, 2.45) is 11.3 Å². The highest BCUT2D eigenvalue weighted by atomic mass is 19.1. The Hall–Kier alpha value is -3.36. The van der Waals surface area contributed by atoms with Gasteiger partial charge in [0, 0.05) is 24.2 Å². The van der Waals surface area contributed by atoms with Crippen LogP contribution in [0.2, 0.25) is 0 Å². The molecule has 4 atom stereocenters. The number of aromatic hydroxyl groups is 1. The number of hydrogen-bond donors (Lipinski definition) is 1. The first-order valence-corrected chi connectivity index (χ1v) is 11.9. The van der Waals surface area contributed by atoms with Gasteiger partial charge in [0.1, 0.15) is 11.9 Å². The largest absolute Gasteiger partial charge is 0.507 e. The summed E-state index contributed by atoms with van der Waals surface area (Å²) in [5, 5.41) is 19.1. The van der Waals surface area contributed by atoms with Gasteiger partial charge >= 0.3 is 0 Å². The van der Waals surface area contributed by atoms with Crippen LogP contribution in [0.1, 0.15) is 39.0 Å². The molecule has 2 fully saturated rings. The van der Waals surface area contributed by atoms with E-state index in [1.54, 1.807) is 18.3 Å². The minimum atomic E-state index is -0.931. The Kier molecular flexibility index (Phi) is 6.02. The number of nitrogens with zero attached hydrogens (tertiary/aromatic N) is 5. The Bertz CT molecular complexity index is 1220. The smallest absolute Gasteiger partial charge is 0.250 e. The summed E-state index contributed by atoms with van der Waals surface area (Å²) in [7, 11) is 3.19. The number of halogens is 2. The van der Waals surface area contributed by atoms with Gasteiger partial charge in [-0.1, -0.05) is 25.8 Å². The second-order valence-corrected chi connectivity index (χ2v) is 10.0. The van der Waals surface area contributed by atoms with Crippen LogP contribution in [0.5, 0.6) is 11.6 Å². The molecular weight excluding hydrogens is 452 g/mol. The van der Waals surface area contributed by atoms with Crippen molar-refractivity contribution >= 4 is 5.82 Å². The van der Waals surface area contributed by atoms with Gasteiger partial charge in [0.2, 0.25) is 5.88 Å². The summed E-state index contributed by atoms with van der Waals surface area (Å²) >= 11 is 0. The van der Waals surface area contributed by atoms with Crippen molar-refractivity contribution in [1.29, 1.82) is 0 Å². The van der Waals surface area contributed by atoms with Gasteiger partial charge in [-0.15, -0.1) is 10.2 Å². The molecule has 2 aliphatic rings. The average molecular weight is 482 g/mol. The highest BCUT2D eigenvalue weighted by Crippen LogP contribution is 2.51. The number of pyridine rings is 1. The lowest BCUT2D eigenvalue weighted by Gasteiger charge is -2.51. The fourth-order valence-corrected chi connectivity index (χ4v) is 5.75. The first kappa shape index (κ1) is 23.4. The second kappa shape index (κ2) is 9.02. The number of rotatable bonds is 5. The second-order valence-electron chi connectivity index (χ2n) is 10.0. The molecule has 1 N–H and O–H groups in total. The van der Waals surface area contributed by atoms with Gasteiger partial charge in [-0.05, 0) is 48.9 Å². The fraction of sp³-hybridized carbons (Fsp3) is 0.462. The first-order valence-electron chi connectivity index (χ1n) is 11.9. The number of benzene rings is 1. The summed E-state index contributed by atoms with van der Waals surface area (Å²) in [6.07, 6.45) is 7.04. The Balaban J connectivity index is 1.35. The molecule has 2 aliphatic carbocycles. The lowest BCUT2D eigenvalue weighted by atomic mass is 9.60. The SMILES string of the molecule is COc1ncc(-c2ccc(-c3ncc(N(C)[C@@H]4C[C@H]5CCC[C@](C)(C5)[C@@H]4F)nn3)c(O)c2)cc1F. The zero-order chi connectivity index (χ0) is 24.7. The predicted molar refractivity (Wildman–Crippen MR) is 128 cm³/mol. The van der Waals surface area contributed by atoms with Crippen molar-refractivity contribution in [3.05, 3.63) is 42.5 Å². The van der Waals surface area contributed by atoms with Crippen LogP contribution in [0.4, 0.5) is 14.6 Å². The van der Waals surface area contributed by atoms with Crippen LogP contribution in [0.25, 0.3) is 22.5 Å². The molecule has 0 amide bonds. The molecule has 0 radical (unpaired) electrons. The van der Waals surface area contributed by atoms with E-state index in [2.05, 4.69) is 27.1 Å². The molecule has 0 unspecified atom stereocenters. The van der Waals surface area contributed by atoms with Gasteiger partial charge in [-0.3, -0.25) is 0 Å². The predicted octanol–water partition coefficient (Wildman–Crippen LogP) is 5.20. The van der Waals surface area contributed by atoms with Crippen LogP contribution in [0, 0.1) is 17.2 Å². The van der Waals surface area contributed by atoms with E-state index in [4.69, 9.17) is 4.74 Å². The van der Waals surface area contributed by atoms with Crippen molar-refractivity contribution in [1.82, 2.24) is 20.2 Å². The molecule has 0 saturated heterocycles. The van der Waals surface area contributed by atoms with Crippen molar-refractivity contribution < 1.29 is 18.6 Å². The van der Waals surface area contributed by atoms with Crippen LogP contribution in [-0.4, -0.2) is 51.6 Å². The van der Waals surface area contributed by atoms with E-state index in [0.29, 0.717) is 28.4 Å². The summed E-state index contributed by atoms with van der Waals surface area (Å²) in [6, 6.07) is 5.90. The lowest BCUT2D eigenvalue weighted by Crippen LogP contribution is -2.54. The Morgan fingerprint density at radius 3 is 2.66 bits per heavy atom. The summed E-state index contributed by atoms with van der Waals surface area (Å²) in [6.45, 7) is 2.07. The van der Waals surface area contributed by atoms with Crippen LogP contribution in [0.15, 0.2) is 36.7 Å². The van der Waals surface area contributed by atoms with E-state index >= 15 is 4.39 Å². The fourth-order valence-electron chi connectivity index (χ4n) is 5.75. The minimum absolute atomic E-state index is 0.0708. The van der Waals surface area contributed by atoms with Gasteiger partial charge in [0.15, 0.2) is 17.5 Å². The highest BCUT2D eigenvalue weighted by Gasteiger charge is 2.49. The minimum Gasteiger partial charge on any atom is -0.507 e. The van der Waals surface area contributed by atoms with E-state index in [-0.39, 0.29) is 28.9 Å².